The van der Waals surface area contributed by atoms with Crippen molar-refractivity contribution in [1.29, 1.82) is 5.41 Å². The van der Waals surface area contributed by atoms with Gasteiger partial charge in [0, 0.05) is 38.3 Å². The minimum atomic E-state index is -0.620. The zero-order valence-electron chi connectivity index (χ0n) is 37.0. The first-order valence-corrected chi connectivity index (χ1v) is 22.2. The summed E-state index contributed by atoms with van der Waals surface area (Å²) in [6, 6.07) is 7.96. The van der Waals surface area contributed by atoms with Gasteiger partial charge in [0.25, 0.3) is 0 Å². The molecular formula is C45H85N9O2. The molecule has 0 bridgehead atoms. The lowest BCUT2D eigenvalue weighted by molar-refractivity contribution is 0.184. The Labute approximate surface area is 342 Å². The molecule has 0 unspecified atom stereocenters. The van der Waals surface area contributed by atoms with Gasteiger partial charge in [-0.15, -0.1) is 0 Å². The quantitative estimate of drug-likeness (QED) is 0.0237. The average molecular weight is 784 g/mol. The fraction of sp³-hybridized carbons (Fsp3) is 0.778. The highest BCUT2D eigenvalue weighted by Crippen LogP contribution is 2.27. The monoisotopic (exact) mass is 784 g/mol. The second-order valence-electron chi connectivity index (χ2n) is 17.1. The van der Waals surface area contributed by atoms with E-state index in [-0.39, 0.29) is 12.1 Å². The Morgan fingerprint density at radius 2 is 1.18 bits per heavy atom. The number of nitrogens with two attached hydrogens (primary N) is 2. The van der Waals surface area contributed by atoms with Crippen LogP contribution >= 0.6 is 0 Å². The maximum Gasteiger partial charge on any atom is 0.318 e. The maximum absolute atomic E-state index is 13.9. The normalized spacial score (nSPS) is 12.2. The Kier molecular flexibility index (Phi) is 27.2. The van der Waals surface area contributed by atoms with E-state index < -0.39 is 11.1 Å². The van der Waals surface area contributed by atoms with Crippen LogP contribution in [0.4, 0.5) is 9.59 Å². The van der Waals surface area contributed by atoms with Crippen molar-refractivity contribution in [3.05, 3.63) is 35.4 Å². The van der Waals surface area contributed by atoms with Crippen LogP contribution in [-0.2, 0) is 11.1 Å². The van der Waals surface area contributed by atoms with Gasteiger partial charge in [-0.1, -0.05) is 88.5 Å². The smallest absolute Gasteiger partial charge is 0.318 e. The molecule has 0 aliphatic heterocycles. The molecule has 11 heteroatoms. The van der Waals surface area contributed by atoms with E-state index in [9.17, 15) is 9.59 Å². The molecule has 56 heavy (non-hydrogen) atoms. The van der Waals surface area contributed by atoms with E-state index in [2.05, 4.69) is 45.8 Å². The highest BCUT2D eigenvalue weighted by molar-refractivity contribution is 5.81. The summed E-state index contributed by atoms with van der Waals surface area (Å²) in [5.74, 6) is 0.749. The van der Waals surface area contributed by atoms with Gasteiger partial charge in [-0.3, -0.25) is 4.99 Å². The maximum atomic E-state index is 13.9. The van der Waals surface area contributed by atoms with Crippen molar-refractivity contribution in [3.8, 4) is 0 Å². The first-order valence-electron chi connectivity index (χ1n) is 22.2. The van der Waals surface area contributed by atoms with Crippen molar-refractivity contribution in [1.82, 2.24) is 25.8 Å². The lowest BCUT2D eigenvalue weighted by Gasteiger charge is -2.33. The van der Waals surface area contributed by atoms with E-state index in [0.717, 1.165) is 158 Å². The van der Waals surface area contributed by atoms with E-state index in [0.29, 0.717) is 6.54 Å². The van der Waals surface area contributed by atoms with Crippen LogP contribution in [0, 0.1) is 5.41 Å². The number of hydrogen-bond acceptors (Lipinski definition) is 6. The van der Waals surface area contributed by atoms with Gasteiger partial charge >= 0.3 is 12.1 Å². The van der Waals surface area contributed by atoms with Crippen LogP contribution < -0.4 is 27.4 Å². The van der Waals surface area contributed by atoms with E-state index in [1.807, 2.05) is 58.0 Å². The van der Waals surface area contributed by atoms with Gasteiger partial charge in [0.2, 0.25) is 0 Å². The molecule has 0 saturated heterocycles. The van der Waals surface area contributed by atoms with Gasteiger partial charge in [0.05, 0.1) is 16.9 Å². The fourth-order valence-electron chi connectivity index (χ4n) is 6.94. The first kappa shape index (κ1) is 50.8. The number of unbranched alkanes of at least 4 members (excludes halogenated alkanes) is 13. The molecule has 0 saturated carbocycles. The fourth-order valence-corrected chi connectivity index (χ4v) is 6.94. The van der Waals surface area contributed by atoms with E-state index in [4.69, 9.17) is 16.9 Å². The predicted octanol–water partition coefficient (Wildman–Crippen LogP) is 9.19. The molecule has 0 radical (unpaired) electrons. The number of carbonyl (C=O) groups excluding carboxylic acids is 2. The second kappa shape index (κ2) is 30.0. The lowest BCUT2D eigenvalue weighted by Crippen LogP contribution is -2.49. The van der Waals surface area contributed by atoms with Crippen LogP contribution in [0.1, 0.15) is 174 Å². The Bertz CT molecular complexity index is 1250. The molecule has 0 heterocycles. The summed E-state index contributed by atoms with van der Waals surface area (Å²) in [5.41, 5.74) is 13.2. The number of rotatable bonds is 33. The zero-order chi connectivity index (χ0) is 41.7. The van der Waals surface area contributed by atoms with Crippen LogP contribution in [0.2, 0.25) is 0 Å². The third-order valence-corrected chi connectivity index (χ3v) is 10.6. The van der Waals surface area contributed by atoms with Crippen molar-refractivity contribution in [2.24, 2.45) is 16.5 Å². The van der Waals surface area contributed by atoms with E-state index >= 15 is 0 Å². The molecule has 0 atom stereocenters. The average Bonchev–Trinajstić information content (AvgIpc) is 3.14. The molecule has 4 amide bonds. The third kappa shape index (κ3) is 24.5. The molecule has 0 aromatic heterocycles. The minimum Gasteiger partial charge on any atom is -0.387 e. The standard InChI is InChI=1S/C45H85N9O2/c1-8-49-41(48)31-21-15-12-18-24-36-54(35-23-17-11-14-20-30-40(47)29-19-13-9-10-16-22-32-46)43(56)52-45(4,5)39-28-25-27-38(37-39)44(2,3)51-42(55)50-33-26-34-53(6)7/h25,27-28,37,47H,8-24,26,29-36,46H2,1-7H3,(H2,48,49)(H,52,56)(H2,50,51,55). The van der Waals surface area contributed by atoms with E-state index in [1.165, 1.54) is 25.7 Å². The lowest BCUT2D eigenvalue weighted by atomic mass is 9.87. The summed E-state index contributed by atoms with van der Waals surface area (Å²) in [4.78, 5) is 35.1. The van der Waals surface area contributed by atoms with Crippen LogP contribution in [0.25, 0.3) is 0 Å². The predicted molar refractivity (Wildman–Crippen MR) is 239 cm³/mol. The second-order valence-corrected chi connectivity index (χ2v) is 17.1. The van der Waals surface area contributed by atoms with Gasteiger partial charge in [-0.2, -0.15) is 0 Å². The number of nitrogens with one attached hydrogen (secondary N) is 4. The molecule has 322 valence electrons. The molecular weight excluding hydrogens is 699 g/mol. The summed E-state index contributed by atoms with van der Waals surface area (Å²) in [7, 11) is 4.05. The van der Waals surface area contributed by atoms with Gasteiger partial charge in [0.1, 0.15) is 0 Å². The Balaban J connectivity index is 2.72. The van der Waals surface area contributed by atoms with Crippen LogP contribution in [0.3, 0.4) is 0 Å². The topological polar surface area (TPSA) is 165 Å². The molecule has 0 aliphatic carbocycles. The van der Waals surface area contributed by atoms with Crippen LogP contribution in [-0.4, -0.2) is 86.8 Å². The highest BCUT2D eigenvalue weighted by Gasteiger charge is 2.29. The SMILES string of the molecule is CCN=C(N)CCCCCCCN(CCCCCCCC(=N)CCCCCCCCN)C(=O)NC(C)(C)c1cccc(C(C)(C)NC(=O)NCCCN(C)C)c1. The van der Waals surface area contributed by atoms with Gasteiger partial charge in [0.15, 0.2) is 0 Å². The molecule has 1 aromatic rings. The third-order valence-electron chi connectivity index (χ3n) is 10.6. The van der Waals surface area contributed by atoms with Crippen molar-refractivity contribution in [3.63, 3.8) is 0 Å². The Hall–Kier alpha value is -3.18. The van der Waals surface area contributed by atoms with Crippen molar-refractivity contribution in [2.75, 3.05) is 53.4 Å². The summed E-state index contributed by atoms with van der Waals surface area (Å²) in [6.45, 7) is 14.6. The van der Waals surface area contributed by atoms with Crippen LogP contribution in [0.15, 0.2) is 29.3 Å². The summed E-state index contributed by atoms with van der Waals surface area (Å²) >= 11 is 0. The van der Waals surface area contributed by atoms with Crippen molar-refractivity contribution in [2.45, 2.75) is 174 Å². The number of nitrogens with zero attached hydrogens (tertiary/aromatic N) is 3. The Morgan fingerprint density at radius 3 is 1.70 bits per heavy atom. The molecule has 11 nitrogen and oxygen atoms in total. The van der Waals surface area contributed by atoms with Crippen LogP contribution in [0.5, 0.6) is 0 Å². The zero-order valence-corrected chi connectivity index (χ0v) is 37.0. The first-order chi connectivity index (χ1) is 26.7. The molecule has 0 spiro atoms. The number of aliphatic imine (C=N–C) groups is 1. The number of amides is 4. The van der Waals surface area contributed by atoms with E-state index in [1.54, 1.807) is 0 Å². The minimum absolute atomic E-state index is 0.0359. The number of amidine groups is 1. The summed E-state index contributed by atoms with van der Waals surface area (Å²) in [5, 5.41) is 17.8. The van der Waals surface area contributed by atoms with Gasteiger partial charge in [-0.05, 0) is 131 Å². The largest absolute Gasteiger partial charge is 0.387 e. The molecule has 1 rings (SSSR count). The summed E-state index contributed by atoms with van der Waals surface area (Å²) < 4.78 is 0. The highest BCUT2D eigenvalue weighted by atomic mass is 16.2. The number of benzene rings is 1. The number of hydrogen-bond donors (Lipinski definition) is 6. The summed E-state index contributed by atoms with van der Waals surface area (Å²) in [6.07, 6.45) is 21.5. The molecule has 8 N–H and O–H groups in total. The molecule has 0 fully saturated rings. The van der Waals surface area contributed by atoms with Gasteiger partial charge < -0.3 is 42.6 Å². The van der Waals surface area contributed by atoms with Gasteiger partial charge in [-0.25, -0.2) is 9.59 Å². The number of carbonyl (C=O) groups is 2. The van der Waals surface area contributed by atoms with Crippen molar-refractivity contribution >= 4 is 23.6 Å². The molecule has 0 aliphatic rings. The Morgan fingerprint density at radius 1 is 0.696 bits per heavy atom. The van der Waals surface area contributed by atoms with Crippen molar-refractivity contribution < 1.29 is 9.59 Å². The number of urea groups is 2. The molecule has 1 aromatic carbocycles.